The first kappa shape index (κ1) is 19.0. The lowest BCUT2D eigenvalue weighted by Crippen LogP contribution is -2.04. The van der Waals surface area contributed by atoms with Gasteiger partial charge in [-0.05, 0) is 24.1 Å². The van der Waals surface area contributed by atoms with Gasteiger partial charge < -0.3 is 4.74 Å². The molecule has 0 bridgehead atoms. The number of hydrogen-bond donors (Lipinski definition) is 0. The van der Waals surface area contributed by atoms with Crippen molar-refractivity contribution in [1.82, 2.24) is 0 Å². The Balaban J connectivity index is 1.95. The molecule has 124 valence electrons. The van der Waals surface area contributed by atoms with Crippen LogP contribution in [-0.2, 0) is 16.1 Å². The first-order valence-corrected chi connectivity index (χ1v) is 9.00. The summed E-state index contributed by atoms with van der Waals surface area (Å²) in [5.74, 6) is -0.108. The number of ether oxygens (including phenoxy) is 1. The summed E-state index contributed by atoms with van der Waals surface area (Å²) < 4.78 is 5.26. The van der Waals surface area contributed by atoms with E-state index in [0.717, 1.165) is 18.4 Å². The average Bonchev–Trinajstić information content (AvgIpc) is 2.51. The van der Waals surface area contributed by atoms with E-state index in [1.54, 1.807) is 0 Å². The molecular formula is C19H29ClO2. The van der Waals surface area contributed by atoms with E-state index in [2.05, 4.69) is 6.92 Å². The summed E-state index contributed by atoms with van der Waals surface area (Å²) in [6.07, 6.45) is 11.8. The Morgan fingerprint density at radius 1 is 1.00 bits per heavy atom. The first-order valence-electron chi connectivity index (χ1n) is 8.62. The molecule has 0 amide bonds. The van der Waals surface area contributed by atoms with Crippen LogP contribution in [0, 0.1) is 0 Å². The van der Waals surface area contributed by atoms with Gasteiger partial charge in [0.15, 0.2) is 0 Å². The molecule has 0 aromatic heterocycles. The van der Waals surface area contributed by atoms with Crippen molar-refractivity contribution in [3.8, 4) is 0 Å². The molecule has 1 aromatic carbocycles. The van der Waals surface area contributed by atoms with Crippen molar-refractivity contribution in [2.45, 2.75) is 77.7 Å². The summed E-state index contributed by atoms with van der Waals surface area (Å²) >= 11 is 5.89. The lowest BCUT2D eigenvalue weighted by atomic mass is 10.1. The molecule has 0 heterocycles. The number of halogens is 1. The fourth-order valence-electron chi connectivity index (χ4n) is 2.44. The Kier molecular flexibility index (Phi) is 10.8. The van der Waals surface area contributed by atoms with E-state index in [1.807, 2.05) is 24.3 Å². The highest BCUT2D eigenvalue weighted by Crippen LogP contribution is 2.13. The van der Waals surface area contributed by atoms with Crippen molar-refractivity contribution < 1.29 is 9.53 Å². The fourth-order valence-corrected chi connectivity index (χ4v) is 2.66. The van der Waals surface area contributed by atoms with E-state index >= 15 is 0 Å². The lowest BCUT2D eigenvalue weighted by molar-refractivity contribution is -0.145. The number of carbonyl (C=O) groups excluding carboxylic acids is 1. The quantitative estimate of drug-likeness (QED) is 0.333. The molecule has 0 radical (unpaired) electrons. The van der Waals surface area contributed by atoms with Gasteiger partial charge in [-0.25, -0.2) is 0 Å². The molecule has 2 nitrogen and oxygen atoms in total. The Hall–Kier alpha value is -1.02. The average molecular weight is 325 g/mol. The Morgan fingerprint density at radius 2 is 1.64 bits per heavy atom. The smallest absolute Gasteiger partial charge is 0.306 e. The van der Waals surface area contributed by atoms with Crippen LogP contribution in [0.3, 0.4) is 0 Å². The van der Waals surface area contributed by atoms with Crippen LogP contribution in [0.5, 0.6) is 0 Å². The second-order valence-electron chi connectivity index (χ2n) is 5.87. The minimum absolute atomic E-state index is 0.108. The molecule has 0 unspecified atom stereocenters. The van der Waals surface area contributed by atoms with Crippen molar-refractivity contribution in [3.05, 3.63) is 34.9 Å². The minimum Gasteiger partial charge on any atom is -0.461 e. The Labute approximate surface area is 140 Å². The van der Waals surface area contributed by atoms with E-state index in [-0.39, 0.29) is 5.97 Å². The monoisotopic (exact) mass is 324 g/mol. The van der Waals surface area contributed by atoms with Gasteiger partial charge in [-0.15, -0.1) is 0 Å². The van der Waals surface area contributed by atoms with E-state index in [0.29, 0.717) is 18.1 Å². The van der Waals surface area contributed by atoms with Crippen LogP contribution >= 0.6 is 11.6 Å². The first-order chi connectivity index (χ1) is 10.7. The SMILES string of the molecule is CCCCCCCCCCCC(=O)OCc1cccc(Cl)c1. The van der Waals surface area contributed by atoms with Crippen LogP contribution in [0.15, 0.2) is 24.3 Å². The highest BCUT2D eigenvalue weighted by Gasteiger charge is 2.03. The molecule has 22 heavy (non-hydrogen) atoms. The van der Waals surface area contributed by atoms with Crippen molar-refractivity contribution in [2.24, 2.45) is 0 Å². The molecular weight excluding hydrogens is 296 g/mol. The summed E-state index contributed by atoms with van der Waals surface area (Å²) in [6, 6.07) is 7.42. The molecule has 0 spiro atoms. The van der Waals surface area contributed by atoms with Gasteiger partial charge in [0, 0.05) is 11.4 Å². The number of esters is 1. The number of rotatable bonds is 12. The summed E-state index contributed by atoms with van der Waals surface area (Å²) in [5.41, 5.74) is 0.938. The predicted octanol–water partition coefficient (Wildman–Crippen LogP) is 6.30. The third kappa shape index (κ3) is 9.83. The minimum atomic E-state index is -0.108. The second-order valence-corrected chi connectivity index (χ2v) is 6.31. The number of carbonyl (C=O) groups is 1. The molecule has 0 aliphatic heterocycles. The third-order valence-electron chi connectivity index (χ3n) is 3.77. The number of unbranched alkanes of at least 4 members (excludes halogenated alkanes) is 8. The van der Waals surface area contributed by atoms with E-state index in [1.165, 1.54) is 44.9 Å². The maximum Gasteiger partial charge on any atom is 0.306 e. The molecule has 0 N–H and O–H groups in total. The molecule has 0 aliphatic rings. The molecule has 0 fully saturated rings. The summed E-state index contributed by atoms with van der Waals surface area (Å²) in [5, 5.41) is 0.674. The van der Waals surface area contributed by atoms with Gasteiger partial charge in [0.05, 0.1) is 0 Å². The van der Waals surface area contributed by atoms with Gasteiger partial charge in [-0.1, -0.05) is 82.0 Å². The van der Waals surface area contributed by atoms with Crippen LogP contribution in [0.1, 0.15) is 76.7 Å². The van der Waals surface area contributed by atoms with Crippen molar-refractivity contribution >= 4 is 17.6 Å². The fraction of sp³-hybridized carbons (Fsp3) is 0.632. The van der Waals surface area contributed by atoms with E-state index < -0.39 is 0 Å². The highest BCUT2D eigenvalue weighted by molar-refractivity contribution is 6.30. The predicted molar refractivity (Wildman–Crippen MR) is 93.1 cm³/mol. The van der Waals surface area contributed by atoms with Gasteiger partial charge in [-0.2, -0.15) is 0 Å². The molecule has 0 saturated carbocycles. The summed E-state index contributed by atoms with van der Waals surface area (Å²) in [4.78, 5) is 11.7. The van der Waals surface area contributed by atoms with Crippen molar-refractivity contribution in [1.29, 1.82) is 0 Å². The van der Waals surface area contributed by atoms with Gasteiger partial charge >= 0.3 is 5.97 Å². The Bertz CT molecular complexity index is 418. The number of benzene rings is 1. The van der Waals surface area contributed by atoms with Crippen LogP contribution in [0.2, 0.25) is 5.02 Å². The van der Waals surface area contributed by atoms with Gasteiger partial charge in [0.2, 0.25) is 0 Å². The standard InChI is InChI=1S/C19H29ClO2/c1-2-3-4-5-6-7-8-9-10-14-19(21)22-16-17-12-11-13-18(20)15-17/h11-13,15H,2-10,14,16H2,1H3. The zero-order valence-corrected chi connectivity index (χ0v) is 14.5. The second kappa shape index (κ2) is 12.5. The largest absolute Gasteiger partial charge is 0.461 e. The van der Waals surface area contributed by atoms with Crippen LogP contribution in [-0.4, -0.2) is 5.97 Å². The van der Waals surface area contributed by atoms with E-state index in [4.69, 9.17) is 16.3 Å². The topological polar surface area (TPSA) is 26.3 Å². The molecule has 0 saturated heterocycles. The molecule has 3 heteroatoms. The normalized spacial score (nSPS) is 10.6. The van der Waals surface area contributed by atoms with Crippen molar-refractivity contribution in [3.63, 3.8) is 0 Å². The Morgan fingerprint density at radius 3 is 2.27 bits per heavy atom. The molecule has 0 atom stereocenters. The summed E-state index contributed by atoms with van der Waals surface area (Å²) in [6.45, 7) is 2.56. The lowest BCUT2D eigenvalue weighted by Gasteiger charge is -2.05. The maximum absolute atomic E-state index is 11.7. The summed E-state index contributed by atoms with van der Waals surface area (Å²) in [7, 11) is 0. The molecule has 1 aromatic rings. The van der Waals surface area contributed by atoms with Gasteiger partial charge in [-0.3, -0.25) is 4.79 Å². The van der Waals surface area contributed by atoms with Crippen LogP contribution in [0.25, 0.3) is 0 Å². The van der Waals surface area contributed by atoms with Crippen LogP contribution < -0.4 is 0 Å². The maximum atomic E-state index is 11.7. The highest BCUT2D eigenvalue weighted by atomic mass is 35.5. The number of hydrogen-bond acceptors (Lipinski definition) is 2. The zero-order chi connectivity index (χ0) is 16.0. The van der Waals surface area contributed by atoms with E-state index in [9.17, 15) is 4.79 Å². The molecule has 1 rings (SSSR count). The van der Waals surface area contributed by atoms with Gasteiger partial charge in [0.25, 0.3) is 0 Å². The van der Waals surface area contributed by atoms with Gasteiger partial charge in [0.1, 0.15) is 6.61 Å². The zero-order valence-electron chi connectivity index (χ0n) is 13.8. The third-order valence-corrected chi connectivity index (χ3v) is 4.01. The molecule has 0 aliphatic carbocycles. The van der Waals surface area contributed by atoms with Crippen molar-refractivity contribution in [2.75, 3.05) is 0 Å². The van der Waals surface area contributed by atoms with Crippen LogP contribution in [0.4, 0.5) is 0 Å².